The van der Waals surface area contributed by atoms with Crippen molar-refractivity contribution in [2.75, 3.05) is 13.2 Å². The zero-order valence-electron chi connectivity index (χ0n) is 11.5. The van der Waals surface area contributed by atoms with E-state index in [1.165, 1.54) is 0 Å². The summed E-state index contributed by atoms with van der Waals surface area (Å²) in [5.41, 5.74) is 0. The number of rotatable bonds is 7. The molecule has 1 aromatic carbocycles. The minimum absolute atomic E-state index is 0.0914. The van der Waals surface area contributed by atoms with Crippen molar-refractivity contribution in [3.8, 4) is 11.5 Å². The maximum absolute atomic E-state index is 13.9. The molecule has 0 aliphatic carbocycles. The van der Waals surface area contributed by atoms with Crippen molar-refractivity contribution in [1.29, 1.82) is 0 Å². The van der Waals surface area contributed by atoms with Crippen molar-refractivity contribution < 1.29 is 33.3 Å². The van der Waals surface area contributed by atoms with Crippen LogP contribution in [-0.2, 0) is 0 Å². The van der Waals surface area contributed by atoms with E-state index in [2.05, 4.69) is 4.74 Å². The van der Waals surface area contributed by atoms with Crippen LogP contribution in [0.2, 0.25) is 0 Å². The van der Waals surface area contributed by atoms with Gasteiger partial charge in [-0.3, -0.25) is 0 Å². The quantitative estimate of drug-likeness (QED) is 0.563. The van der Waals surface area contributed by atoms with Gasteiger partial charge in [0.1, 0.15) is 5.75 Å². The van der Waals surface area contributed by atoms with Gasteiger partial charge in [0.05, 0.1) is 13.2 Å². The lowest BCUT2D eigenvalue weighted by atomic mass is 10.3. The van der Waals surface area contributed by atoms with Crippen LogP contribution in [0.1, 0.15) is 26.7 Å². The van der Waals surface area contributed by atoms with Crippen LogP contribution in [0.4, 0.5) is 23.8 Å². The van der Waals surface area contributed by atoms with Crippen LogP contribution < -0.4 is 9.47 Å². The summed E-state index contributed by atoms with van der Waals surface area (Å²) in [6.07, 6.45) is 0.675. The van der Waals surface area contributed by atoms with E-state index in [0.717, 1.165) is 6.07 Å². The van der Waals surface area contributed by atoms with Crippen molar-refractivity contribution in [1.82, 2.24) is 0 Å². The highest BCUT2D eigenvalue weighted by Crippen LogP contribution is 3.03. The zero-order chi connectivity index (χ0) is 16.4. The minimum atomic E-state index is -10.2. The van der Waals surface area contributed by atoms with Crippen molar-refractivity contribution in [2.24, 2.45) is 0 Å². The Morgan fingerprint density at radius 2 is 1.29 bits per heavy atom. The normalized spacial score (nSPS) is 15.2. The third kappa shape index (κ3) is 4.62. The molecular formula is C12H16F6O2S. The van der Waals surface area contributed by atoms with E-state index in [9.17, 15) is 23.8 Å². The van der Waals surface area contributed by atoms with E-state index in [1.54, 1.807) is 13.8 Å². The average Bonchev–Trinajstić information content (AvgIpc) is 2.31. The number of halogens is 6. The van der Waals surface area contributed by atoms with Crippen LogP contribution in [0.25, 0.3) is 0 Å². The van der Waals surface area contributed by atoms with Crippen LogP contribution in [0.5, 0.6) is 11.5 Å². The summed E-state index contributed by atoms with van der Waals surface area (Å²) >= 11 is 0. The molecule has 0 spiro atoms. The van der Waals surface area contributed by atoms with Crippen LogP contribution >= 0.6 is 10.2 Å². The molecule has 0 amide bonds. The molecular weight excluding hydrogens is 322 g/mol. The largest absolute Gasteiger partial charge is 0.492 e. The van der Waals surface area contributed by atoms with Crippen LogP contribution in [0.3, 0.4) is 0 Å². The van der Waals surface area contributed by atoms with Crippen molar-refractivity contribution in [2.45, 2.75) is 31.6 Å². The molecule has 0 saturated heterocycles. The predicted molar refractivity (Wildman–Crippen MR) is 69.4 cm³/mol. The highest BCUT2D eigenvalue weighted by Gasteiger charge is 2.69. The van der Waals surface area contributed by atoms with E-state index in [0.29, 0.717) is 12.5 Å². The van der Waals surface area contributed by atoms with Crippen molar-refractivity contribution in [3.63, 3.8) is 0 Å². The highest BCUT2D eigenvalue weighted by molar-refractivity contribution is 8.45. The molecule has 0 unspecified atom stereocenters. The Hall–Kier alpha value is -1.25. The molecule has 9 heteroatoms. The maximum atomic E-state index is 13.9. The number of hydrogen-bond acceptors (Lipinski definition) is 2. The average molecular weight is 338 g/mol. The first-order valence-electron chi connectivity index (χ1n) is 6.23. The van der Waals surface area contributed by atoms with Crippen molar-refractivity contribution >= 4 is 10.2 Å². The van der Waals surface area contributed by atoms with E-state index in [1.807, 2.05) is 0 Å². The van der Waals surface area contributed by atoms with Gasteiger partial charge < -0.3 is 9.47 Å². The second-order valence-corrected chi connectivity index (χ2v) is 6.72. The molecule has 0 heterocycles. The first-order chi connectivity index (χ1) is 9.40. The van der Waals surface area contributed by atoms with Gasteiger partial charge in [-0.05, 0) is 25.0 Å². The predicted octanol–water partition coefficient (Wildman–Crippen LogP) is 6.06. The highest BCUT2D eigenvalue weighted by atomic mass is 32.5. The second-order valence-electron chi connectivity index (χ2n) is 4.37. The lowest BCUT2D eigenvalue weighted by molar-refractivity contribution is 0.272. The second kappa shape index (κ2) is 5.19. The monoisotopic (exact) mass is 338 g/mol. The van der Waals surface area contributed by atoms with Crippen LogP contribution in [0, 0.1) is 5.82 Å². The van der Waals surface area contributed by atoms with Gasteiger partial charge in [-0.15, -0.1) is 0 Å². The molecule has 0 fully saturated rings. The summed E-state index contributed by atoms with van der Waals surface area (Å²) < 4.78 is 88.4. The molecule has 1 rings (SSSR count). The summed E-state index contributed by atoms with van der Waals surface area (Å²) in [4.78, 5) is -2.66. The van der Waals surface area contributed by atoms with E-state index >= 15 is 0 Å². The fourth-order valence-corrected chi connectivity index (χ4v) is 2.48. The minimum Gasteiger partial charge on any atom is -0.492 e. The SMILES string of the molecule is CCCOc1ccc(OCCC)c(S(F)(F)(F)(F)F)c1F. The molecule has 21 heavy (non-hydrogen) atoms. The Kier molecular flexibility index (Phi) is 4.40. The van der Waals surface area contributed by atoms with Crippen LogP contribution in [0.15, 0.2) is 17.0 Å². The fraction of sp³-hybridized carbons (Fsp3) is 0.500. The smallest absolute Gasteiger partial charge is 0.316 e. The van der Waals surface area contributed by atoms with E-state index < -0.39 is 32.4 Å². The van der Waals surface area contributed by atoms with E-state index in [4.69, 9.17) is 4.74 Å². The third-order valence-corrected chi connectivity index (χ3v) is 3.49. The summed E-state index contributed by atoms with van der Waals surface area (Å²) in [6, 6.07) is 1.50. The van der Waals surface area contributed by atoms with Gasteiger partial charge in [-0.1, -0.05) is 33.3 Å². The number of hydrogen-bond donors (Lipinski definition) is 0. The van der Waals surface area contributed by atoms with Gasteiger partial charge in [0.25, 0.3) is 0 Å². The summed E-state index contributed by atoms with van der Waals surface area (Å²) in [6.45, 7) is 2.89. The fourth-order valence-electron chi connectivity index (χ4n) is 1.53. The Balaban J connectivity index is 3.47. The Morgan fingerprint density at radius 1 is 0.857 bits per heavy atom. The molecule has 0 aromatic heterocycles. The molecule has 124 valence electrons. The van der Waals surface area contributed by atoms with Crippen LogP contribution in [-0.4, -0.2) is 13.2 Å². The standard InChI is InChI=1S/C12H16F6O2S/c1-3-7-19-9-5-6-10(20-8-4-2)12(11(9)13)21(14,15,16,17)18/h5-6H,3-4,7-8H2,1-2H3. The van der Waals surface area contributed by atoms with Gasteiger partial charge >= 0.3 is 10.2 Å². The lowest BCUT2D eigenvalue weighted by Crippen LogP contribution is -2.13. The Morgan fingerprint density at radius 3 is 1.71 bits per heavy atom. The van der Waals surface area contributed by atoms with Gasteiger partial charge in [-0.25, -0.2) is 4.39 Å². The summed E-state index contributed by atoms with van der Waals surface area (Å²) in [5, 5.41) is 0. The summed E-state index contributed by atoms with van der Waals surface area (Å²) in [7, 11) is -10.2. The summed E-state index contributed by atoms with van der Waals surface area (Å²) in [5.74, 6) is -4.24. The lowest BCUT2D eigenvalue weighted by Gasteiger charge is -2.41. The topological polar surface area (TPSA) is 18.5 Å². The van der Waals surface area contributed by atoms with Gasteiger partial charge in [0, 0.05) is 0 Å². The Bertz CT molecular complexity index is 514. The molecule has 2 nitrogen and oxygen atoms in total. The molecule has 0 aliphatic heterocycles. The molecule has 0 atom stereocenters. The Labute approximate surface area is 118 Å². The maximum Gasteiger partial charge on any atom is 0.316 e. The first-order valence-corrected chi connectivity index (χ1v) is 8.18. The molecule has 0 radical (unpaired) electrons. The first kappa shape index (κ1) is 17.8. The van der Waals surface area contributed by atoms with Crippen molar-refractivity contribution in [3.05, 3.63) is 17.9 Å². The van der Waals surface area contributed by atoms with Gasteiger partial charge in [-0.2, -0.15) is 0 Å². The number of benzene rings is 1. The molecule has 0 aliphatic rings. The molecule has 0 saturated carbocycles. The molecule has 1 aromatic rings. The zero-order valence-corrected chi connectivity index (χ0v) is 12.3. The molecule has 0 bridgehead atoms. The number of ether oxygens (including phenoxy) is 2. The van der Waals surface area contributed by atoms with E-state index in [-0.39, 0.29) is 19.6 Å². The molecule has 0 N–H and O–H groups in total. The van der Waals surface area contributed by atoms with Gasteiger partial charge in [0.2, 0.25) is 0 Å². The van der Waals surface area contributed by atoms with Gasteiger partial charge in [0.15, 0.2) is 16.5 Å². The third-order valence-electron chi connectivity index (χ3n) is 2.33.